The zero-order chi connectivity index (χ0) is 38.9. The Morgan fingerprint density at radius 1 is 0.946 bits per heavy atom. The summed E-state index contributed by atoms with van der Waals surface area (Å²) in [5, 5.41) is 21.6. The van der Waals surface area contributed by atoms with E-state index in [-0.39, 0.29) is 33.6 Å². The SMILES string of the molecule is CNCCOC12CC3(C)CC(C)(CC(Cn4ncc(-c5ccc(N6CCc7cccc(C(=O)Nc8nc9ccccc9s8)c7C6)nc5OC(=O)O)c4C)(C3)C1)C2. The molecule has 3 aromatic heterocycles. The first-order valence-corrected chi connectivity index (χ1v) is 20.4. The highest BCUT2D eigenvalue weighted by Crippen LogP contribution is 2.72. The quantitative estimate of drug-likeness (QED) is 0.0890. The number of hydrogen-bond donors (Lipinski definition) is 3. The zero-order valence-corrected chi connectivity index (χ0v) is 33.3. The largest absolute Gasteiger partial charge is 0.512 e. The fourth-order valence-electron chi connectivity index (χ4n) is 11.8. The first-order chi connectivity index (χ1) is 26.9. The first kappa shape index (κ1) is 36.8. The molecule has 56 heavy (non-hydrogen) atoms. The van der Waals surface area contributed by atoms with Gasteiger partial charge in [0, 0.05) is 48.6 Å². The van der Waals surface area contributed by atoms with Gasteiger partial charge in [0.15, 0.2) is 5.13 Å². The number of thiazole rings is 1. The van der Waals surface area contributed by atoms with E-state index < -0.39 is 6.16 Å². The molecule has 4 aliphatic carbocycles. The average molecular weight is 776 g/mol. The number of nitrogens with zero attached hydrogens (tertiary/aromatic N) is 5. The predicted molar refractivity (Wildman–Crippen MR) is 217 cm³/mol. The highest BCUT2D eigenvalue weighted by atomic mass is 32.1. The van der Waals surface area contributed by atoms with Crippen LogP contribution in [0.25, 0.3) is 21.3 Å². The van der Waals surface area contributed by atoms with Gasteiger partial charge >= 0.3 is 6.16 Å². The third kappa shape index (κ3) is 6.73. The monoisotopic (exact) mass is 775 g/mol. The number of anilines is 2. The van der Waals surface area contributed by atoms with Crippen LogP contribution in [0.5, 0.6) is 5.88 Å². The number of carbonyl (C=O) groups excluding carboxylic acids is 1. The van der Waals surface area contributed by atoms with Gasteiger partial charge in [0.25, 0.3) is 5.91 Å². The van der Waals surface area contributed by atoms with E-state index in [1.54, 1.807) is 0 Å². The maximum absolute atomic E-state index is 13.6. The number of amides is 1. The number of aromatic nitrogens is 4. The molecule has 10 rings (SSSR count). The first-order valence-electron chi connectivity index (χ1n) is 19.6. The summed E-state index contributed by atoms with van der Waals surface area (Å²) in [7, 11) is 1.97. The molecule has 13 heteroatoms. The van der Waals surface area contributed by atoms with Gasteiger partial charge in [-0.2, -0.15) is 10.1 Å². The molecule has 1 aliphatic heterocycles. The van der Waals surface area contributed by atoms with E-state index in [2.05, 4.69) is 45.1 Å². The van der Waals surface area contributed by atoms with Crippen LogP contribution in [0, 0.1) is 23.2 Å². The molecule has 4 heterocycles. The number of para-hydroxylation sites is 1. The smallest absolute Gasteiger partial charge is 0.449 e. The number of fused-ring (bicyclic) bond motifs is 2. The second kappa shape index (κ2) is 13.7. The molecule has 3 N–H and O–H groups in total. The zero-order valence-electron chi connectivity index (χ0n) is 32.5. The van der Waals surface area contributed by atoms with Crippen molar-refractivity contribution < 1.29 is 24.2 Å². The molecule has 4 bridgehead atoms. The number of benzene rings is 2. The van der Waals surface area contributed by atoms with Crippen LogP contribution in [0.1, 0.15) is 79.6 Å². The van der Waals surface area contributed by atoms with Crippen molar-refractivity contribution in [2.45, 2.75) is 84.4 Å². The Balaban J connectivity index is 0.972. The molecule has 4 saturated carbocycles. The lowest BCUT2D eigenvalue weighted by atomic mass is 9.39. The number of nitrogens with one attached hydrogen (secondary N) is 2. The van der Waals surface area contributed by atoms with Crippen LogP contribution in [-0.4, -0.2) is 69.3 Å². The van der Waals surface area contributed by atoms with Crippen LogP contribution < -0.4 is 20.3 Å². The Bertz CT molecular complexity index is 2300. The Morgan fingerprint density at radius 3 is 2.52 bits per heavy atom. The lowest BCUT2D eigenvalue weighted by Crippen LogP contribution is -2.64. The second-order valence-corrected chi connectivity index (χ2v) is 18.6. The lowest BCUT2D eigenvalue weighted by Gasteiger charge is -2.69. The molecule has 0 radical (unpaired) electrons. The van der Waals surface area contributed by atoms with Gasteiger partial charge in [-0.1, -0.05) is 49.4 Å². The summed E-state index contributed by atoms with van der Waals surface area (Å²) >= 11 is 1.44. The number of likely N-dealkylation sites (N-methyl/N-ethyl adjacent to an activating group) is 1. The minimum Gasteiger partial charge on any atom is -0.449 e. The number of carbonyl (C=O) groups is 2. The fraction of sp³-hybridized carbons (Fsp3) is 0.465. The van der Waals surface area contributed by atoms with Gasteiger partial charge < -0.3 is 24.8 Å². The maximum Gasteiger partial charge on any atom is 0.512 e. The highest BCUT2D eigenvalue weighted by molar-refractivity contribution is 7.22. The van der Waals surface area contributed by atoms with Crippen LogP contribution in [0.3, 0.4) is 0 Å². The highest BCUT2D eigenvalue weighted by Gasteiger charge is 2.66. The number of pyridine rings is 1. The van der Waals surface area contributed by atoms with Gasteiger partial charge in [-0.15, -0.1) is 0 Å². The standard InChI is InChI=1S/C43H49N7O5S/c1-27-31(18-45-50(27)26-42-21-40(2)20-41(3,22-42)24-43(23-40,25-42)54-17-15-44-4)30-12-13-35(47-37(30)55-39(52)53)49-16-14-28-8-7-9-29(32(28)19-49)36(51)48-38-46-33-10-5-6-11-34(33)56-38/h5-13,18,44H,14-17,19-26H2,1-4H3,(H,52,53)(H,46,48,51). The number of hydrogen-bond acceptors (Lipinski definition) is 10. The van der Waals surface area contributed by atoms with E-state index in [0.29, 0.717) is 48.2 Å². The van der Waals surface area contributed by atoms with Crippen molar-refractivity contribution in [2.75, 3.05) is 37.0 Å². The molecule has 0 saturated heterocycles. The van der Waals surface area contributed by atoms with Gasteiger partial charge in [-0.05, 0) is 117 Å². The summed E-state index contributed by atoms with van der Waals surface area (Å²) in [6.07, 6.45) is 7.86. The summed E-state index contributed by atoms with van der Waals surface area (Å²) < 4.78 is 15.3. The number of carboxylic acid groups (broad SMARTS) is 1. The Hall–Kier alpha value is -4.85. The Morgan fingerprint density at radius 2 is 1.75 bits per heavy atom. The summed E-state index contributed by atoms with van der Waals surface area (Å²) in [5.41, 5.74) is 6.13. The van der Waals surface area contributed by atoms with Crippen LogP contribution in [0.15, 0.2) is 60.8 Å². The Kier molecular flexibility index (Phi) is 8.97. The third-order valence-electron chi connectivity index (χ3n) is 12.7. The average Bonchev–Trinajstić information content (AvgIpc) is 3.71. The van der Waals surface area contributed by atoms with Crippen molar-refractivity contribution in [1.82, 2.24) is 25.1 Å². The van der Waals surface area contributed by atoms with Gasteiger partial charge in [0.05, 0.1) is 28.6 Å². The lowest BCUT2D eigenvalue weighted by molar-refractivity contribution is -0.247. The molecule has 292 valence electrons. The number of ether oxygens (including phenoxy) is 2. The summed E-state index contributed by atoms with van der Waals surface area (Å²) in [6.45, 7) is 10.4. The Labute approximate surface area is 330 Å². The maximum atomic E-state index is 13.6. The van der Waals surface area contributed by atoms with E-state index in [1.165, 1.54) is 17.8 Å². The molecule has 5 aromatic rings. The molecule has 4 fully saturated rings. The van der Waals surface area contributed by atoms with E-state index >= 15 is 0 Å². The minimum atomic E-state index is -1.43. The molecule has 2 aromatic carbocycles. The summed E-state index contributed by atoms with van der Waals surface area (Å²) in [4.78, 5) is 37.2. The van der Waals surface area contributed by atoms with E-state index in [4.69, 9.17) is 19.6 Å². The normalized spacial score (nSPS) is 26.4. The van der Waals surface area contributed by atoms with E-state index in [9.17, 15) is 14.7 Å². The molecular weight excluding hydrogens is 727 g/mol. The van der Waals surface area contributed by atoms with Crippen LogP contribution in [0.2, 0.25) is 0 Å². The molecule has 5 aliphatic rings. The van der Waals surface area contributed by atoms with E-state index in [1.807, 2.05) is 68.7 Å². The molecule has 0 spiro atoms. The van der Waals surface area contributed by atoms with E-state index in [0.717, 1.165) is 77.8 Å². The van der Waals surface area contributed by atoms with Crippen molar-refractivity contribution in [3.63, 3.8) is 0 Å². The summed E-state index contributed by atoms with van der Waals surface area (Å²) in [5.74, 6) is 0.361. The van der Waals surface area contributed by atoms with Crippen molar-refractivity contribution in [3.05, 3.63) is 83.2 Å². The topological polar surface area (TPSA) is 144 Å². The second-order valence-electron chi connectivity index (χ2n) is 17.6. The fourth-order valence-corrected chi connectivity index (χ4v) is 12.6. The van der Waals surface area contributed by atoms with Gasteiger partial charge in [-0.25, -0.2) is 9.78 Å². The van der Waals surface area contributed by atoms with Crippen LogP contribution in [-0.2, 0) is 24.2 Å². The van der Waals surface area contributed by atoms with Gasteiger partial charge in [0.2, 0.25) is 5.88 Å². The predicted octanol–water partition coefficient (Wildman–Crippen LogP) is 8.09. The third-order valence-corrected chi connectivity index (χ3v) is 13.6. The molecule has 2 atom stereocenters. The van der Waals surface area contributed by atoms with Crippen molar-refractivity contribution in [2.24, 2.45) is 16.2 Å². The van der Waals surface area contributed by atoms with Crippen molar-refractivity contribution in [3.8, 4) is 17.0 Å². The van der Waals surface area contributed by atoms with Gasteiger partial charge in [-0.3, -0.25) is 14.8 Å². The van der Waals surface area contributed by atoms with Gasteiger partial charge in [0.1, 0.15) is 5.82 Å². The van der Waals surface area contributed by atoms with Crippen LogP contribution in [0.4, 0.5) is 15.7 Å². The summed E-state index contributed by atoms with van der Waals surface area (Å²) in [6, 6.07) is 17.4. The molecule has 1 amide bonds. The molecule has 12 nitrogen and oxygen atoms in total. The number of rotatable bonds is 11. The molecule has 2 unspecified atom stereocenters. The minimum absolute atomic E-state index is 0.0111. The van der Waals surface area contributed by atoms with Crippen LogP contribution >= 0.6 is 11.3 Å². The molecular formula is C43H49N7O5S. The van der Waals surface area contributed by atoms with Crippen molar-refractivity contribution in [1.29, 1.82) is 0 Å². The van der Waals surface area contributed by atoms with Crippen molar-refractivity contribution >= 4 is 44.6 Å².